The zero-order valence-corrected chi connectivity index (χ0v) is 22.3. The van der Waals surface area contributed by atoms with Gasteiger partial charge < -0.3 is 15.3 Å². The van der Waals surface area contributed by atoms with Crippen molar-refractivity contribution in [2.24, 2.45) is 56.7 Å². The van der Waals surface area contributed by atoms with Gasteiger partial charge in [-0.15, -0.1) is 0 Å². The molecule has 5 rings (SSSR count). The lowest BCUT2D eigenvalue weighted by Crippen LogP contribution is -2.65. The van der Waals surface area contributed by atoms with E-state index in [-0.39, 0.29) is 39.1 Å². The second kappa shape index (κ2) is 7.32. The summed E-state index contributed by atoms with van der Waals surface area (Å²) in [6.45, 7) is 17.1. The number of aliphatic hydroxyl groups is 3. The smallest absolute Gasteiger partial charge is 0.157 e. The Balaban J connectivity index is 1.61. The van der Waals surface area contributed by atoms with Crippen LogP contribution in [-0.4, -0.2) is 27.7 Å². The summed E-state index contributed by atoms with van der Waals surface area (Å²) in [4.78, 5) is 0. The van der Waals surface area contributed by atoms with E-state index in [1.807, 2.05) is 0 Å². The predicted octanol–water partition coefficient (Wildman–Crippen LogP) is 6.32. The minimum atomic E-state index is -1.22. The Morgan fingerprint density at radius 3 is 2.21 bits per heavy atom. The van der Waals surface area contributed by atoms with Gasteiger partial charge >= 0.3 is 0 Å². The Morgan fingerprint density at radius 2 is 1.55 bits per heavy atom. The molecule has 0 aromatic carbocycles. The van der Waals surface area contributed by atoms with Crippen molar-refractivity contribution >= 4 is 0 Å². The molecule has 4 saturated carbocycles. The van der Waals surface area contributed by atoms with Gasteiger partial charge in [0.1, 0.15) is 0 Å². The molecule has 0 bridgehead atoms. The van der Waals surface area contributed by atoms with Crippen LogP contribution in [0.15, 0.2) is 11.6 Å². The number of hydrogen-bond acceptors (Lipinski definition) is 3. The first-order chi connectivity index (χ1) is 15.3. The molecule has 0 amide bonds. The van der Waals surface area contributed by atoms with Gasteiger partial charge in [0, 0.05) is 5.41 Å². The molecule has 0 unspecified atom stereocenters. The molecule has 0 aromatic rings. The molecule has 4 fully saturated rings. The Kier molecular flexibility index (Phi) is 5.40. The van der Waals surface area contributed by atoms with E-state index >= 15 is 0 Å². The molecule has 0 saturated heterocycles. The van der Waals surface area contributed by atoms with Crippen molar-refractivity contribution in [2.45, 2.75) is 119 Å². The summed E-state index contributed by atoms with van der Waals surface area (Å²) in [5.74, 6) is 2.60. The molecule has 3 heteroatoms. The number of rotatable bonds is 1. The lowest BCUT2D eigenvalue weighted by molar-refractivity contribution is -0.228. The average Bonchev–Trinajstić information content (AvgIpc) is 2.74. The van der Waals surface area contributed by atoms with E-state index in [2.05, 4.69) is 54.5 Å². The molecule has 3 N–H and O–H groups in total. The average molecular weight is 459 g/mol. The molecule has 5 aliphatic carbocycles. The summed E-state index contributed by atoms with van der Waals surface area (Å²) in [5.41, 5.74) is 1.81. The van der Waals surface area contributed by atoms with E-state index in [9.17, 15) is 15.3 Å². The maximum atomic E-state index is 10.9. The minimum Gasteiger partial charge on any atom is -0.393 e. The number of hydrogen-bond donors (Lipinski definition) is 3. The van der Waals surface area contributed by atoms with Gasteiger partial charge in [0.2, 0.25) is 0 Å². The zero-order chi connectivity index (χ0) is 24.2. The molecule has 0 spiro atoms. The second-order valence-electron chi connectivity index (χ2n) is 14.6. The normalized spacial score (nSPS) is 55.7. The van der Waals surface area contributed by atoms with Crippen molar-refractivity contribution < 1.29 is 15.3 Å². The maximum absolute atomic E-state index is 10.9. The SMILES string of the molecule is C[C@H]1[C@H](C)CC[C@]2(C(O)O)CC[C@]3(C)C(=CC[C@@H]4[C@@]5(C)CC[C@H](O)C(C)(C)[C@@H]5CC[C@]43C)[C@H]12. The van der Waals surface area contributed by atoms with Crippen LogP contribution in [0.5, 0.6) is 0 Å². The third-order valence-corrected chi connectivity index (χ3v) is 13.5. The Labute approximate surface area is 202 Å². The van der Waals surface area contributed by atoms with Crippen LogP contribution >= 0.6 is 0 Å². The molecule has 33 heavy (non-hydrogen) atoms. The van der Waals surface area contributed by atoms with E-state index < -0.39 is 6.29 Å². The lowest BCUT2D eigenvalue weighted by Gasteiger charge is -2.71. The van der Waals surface area contributed by atoms with Crippen LogP contribution in [0.1, 0.15) is 106 Å². The molecule has 5 aliphatic rings. The van der Waals surface area contributed by atoms with Gasteiger partial charge in [-0.3, -0.25) is 0 Å². The van der Waals surface area contributed by atoms with Gasteiger partial charge in [-0.2, -0.15) is 0 Å². The van der Waals surface area contributed by atoms with Gasteiger partial charge in [-0.05, 0) is 109 Å². The van der Waals surface area contributed by atoms with Gasteiger partial charge in [0.05, 0.1) is 6.10 Å². The number of fused-ring (bicyclic) bond motifs is 7. The van der Waals surface area contributed by atoms with E-state index in [1.54, 1.807) is 5.57 Å². The fourth-order valence-electron chi connectivity index (χ4n) is 11.0. The first-order valence-electron chi connectivity index (χ1n) is 14.0. The van der Waals surface area contributed by atoms with Crippen molar-refractivity contribution in [1.82, 2.24) is 0 Å². The van der Waals surface area contributed by atoms with Crippen LogP contribution in [-0.2, 0) is 0 Å². The van der Waals surface area contributed by atoms with Gasteiger partial charge in [-0.25, -0.2) is 0 Å². The van der Waals surface area contributed by atoms with Crippen LogP contribution in [0.4, 0.5) is 0 Å². The fourth-order valence-corrected chi connectivity index (χ4v) is 11.0. The Bertz CT molecular complexity index is 830. The minimum absolute atomic E-state index is 0.0186. The highest BCUT2D eigenvalue weighted by molar-refractivity contribution is 5.34. The molecule has 0 heterocycles. The number of aliphatic hydroxyl groups excluding tert-OH is 2. The van der Waals surface area contributed by atoms with Crippen molar-refractivity contribution in [3.63, 3.8) is 0 Å². The summed E-state index contributed by atoms with van der Waals surface area (Å²) in [6.07, 6.45) is 10.9. The van der Waals surface area contributed by atoms with Crippen LogP contribution in [0.2, 0.25) is 0 Å². The van der Waals surface area contributed by atoms with Gasteiger partial charge in [-0.1, -0.05) is 60.1 Å². The van der Waals surface area contributed by atoms with E-state index in [0.717, 1.165) is 44.9 Å². The summed E-state index contributed by atoms with van der Waals surface area (Å²) in [7, 11) is 0. The standard InChI is InChI=1S/C30H50O3/c1-18-10-15-30(25(32)33)17-16-28(6)20(24(30)19(18)2)8-9-22-27(5)13-12-23(31)26(3,4)21(27)11-14-29(22,28)7/h8,18-19,21-25,31-33H,9-17H2,1-7H3/t18-,19+,21+,22-,23+,24+,27+,28-,29-,30+/m1/s1. The summed E-state index contributed by atoms with van der Waals surface area (Å²) < 4.78 is 0. The molecular formula is C30H50O3. The summed E-state index contributed by atoms with van der Waals surface area (Å²) in [6, 6.07) is 0. The second-order valence-corrected chi connectivity index (χ2v) is 14.6. The third kappa shape index (κ3) is 2.85. The topological polar surface area (TPSA) is 60.7 Å². The molecule has 0 aliphatic heterocycles. The Morgan fingerprint density at radius 1 is 0.848 bits per heavy atom. The van der Waals surface area contributed by atoms with Gasteiger partial charge in [0.15, 0.2) is 6.29 Å². The van der Waals surface area contributed by atoms with E-state index in [0.29, 0.717) is 23.7 Å². The van der Waals surface area contributed by atoms with Crippen molar-refractivity contribution in [3.05, 3.63) is 11.6 Å². The largest absolute Gasteiger partial charge is 0.393 e. The van der Waals surface area contributed by atoms with Crippen molar-refractivity contribution in [3.8, 4) is 0 Å². The van der Waals surface area contributed by atoms with E-state index in [1.165, 1.54) is 12.8 Å². The molecule has 188 valence electrons. The summed E-state index contributed by atoms with van der Waals surface area (Å²) in [5, 5.41) is 32.3. The zero-order valence-electron chi connectivity index (χ0n) is 22.3. The highest BCUT2D eigenvalue weighted by atomic mass is 16.5. The highest BCUT2D eigenvalue weighted by Gasteiger charge is 2.69. The first kappa shape index (κ1) is 24.3. The van der Waals surface area contributed by atoms with Crippen LogP contribution < -0.4 is 0 Å². The van der Waals surface area contributed by atoms with Crippen LogP contribution in [0, 0.1) is 56.7 Å². The quantitative estimate of drug-likeness (QED) is 0.318. The van der Waals surface area contributed by atoms with Crippen molar-refractivity contribution in [1.29, 1.82) is 0 Å². The number of allylic oxidation sites excluding steroid dienone is 2. The highest BCUT2D eigenvalue weighted by Crippen LogP contribution is 2.75. The first-order valence-corrected chi connectivity index (χ1v) is 14.0. The lowest BCUT2D eigenvalue weighted by atomic mass is 9.33. The maximum Gasteiger partial charge on any atom is 0.157 e. The van der Waals surface area contributed by atoms with Crippen molar-refractivity contribution in [2.75, 3.05) is 0 Å². The Hall–Kier alpha value is -0.380. The van der Waals surface area contributed by atoms with Gasteiger partial charge in [0.25, 0.3) is 0 Å². The predicted molar refractivity (Wildman–Crippen MR) is 133 cm³/mol. The molecule has 10 atom stereocenters. The third-order valence-electron chi connectivity index (χ3n) is 13.5. The van der Waals surface area contributed by atoms with Crippen LogP contribution in [0.3, 0.4) is 0 Å². The monoisotopic (exact) mass is 458 g/mol. The van der Waals surface area contributed by atoms with Crippen LogP contribution in [0.25, 0.3) is 0 Å². The molecule has 0 radical (unpaired) electrons. The molecular weight excluding hydrogens is 408 g/mol. The molecule has 3 nitrogen and oxygen atoms in total. The fraction of sp³-hybridized carbons (Fsp3) is 0.933. The molecule has 0 aromatic heterocycles. The summed E-state index contributed by atoms with van der Waals surface area (Å²) >= 11 is 0. The van der Waals surface area contributed by atoms with E-state index in [4.69, 9.17) is 0 Å².